The Morgan fingerprint density at radius 2 is 2.00 bits per heavy atom. The number of hydrogen-bond donors (Lipinski definition) is 3. The van der Waals surface area contributed by atoms with Gasteiger partial charge in [-0.25, -0.2) is 0 Å². The van der Waals surface area contributed by atoms with Crippen molar-refractivity contribution in [3.8, 4) is 5.75 Å². The zero-order valence-corrected chi connectivity index (χ0v) is 17.8. The Hall–Kier alpha value is -2.98. The number of nitrogens with zero attached hydrogens (tertiary/aromatic N) is 1. The fourth-order valence-corrected chi connectivity index (χ4v) is 3.44. The molecule has 0 bridgehead atoms. The predicted molar refractivity (Wildman–Crippen MR) is 113 cm³/mol. The van der Waals surface area contributed by atoms with Gasteiger partial charge < -0.3 is 25.4 Å². The minimum atomic E-state index is -4.56. The lowest BCUT2D eigenvalue weighted by Crippen LogP contribution is -2.47. The SMILES string of the molecule is CC1Oc2ccc(NCc3ccc(Cl)c(C(F)(F)F)c3)cc2N(CCNC(=O)CO)C1=O. The van der Waals surface area contributed by atoms with Crippen LogP contribution in [-0.2, 0) is 22.3 Å². The van der Waals surface area contributed by atoms with Crippen molar-refractivity contribution in [2.45, 2.75) is 25.7 Å². The van der Waals surface area contributed by atoms with Gasteiger partial charge in [0.2, 0.25) is 5.91 Å². The molecule has 1 aliphatic rings. The van der Waals surface area contributed by atoms with Crippen LogP contribution in [-0.4, -0.2) is 42.7 Å². The van der Waals surface area contributed by atoms with Gasteiger partial charge >= 0.3 is 6.18 Å². The normalized spacial score (nSPS) is 15.8. The van der Waals surface area contributed by atoms with E-state index in [9.17, 15) is 22.8 Å². The first-order valence-electron chi connectivity index (χ1n) is 9.69. The van der Waals surface area contributed by atoms with Gasteiger partial charge in [0.15, 0.2) is 6.10 Å². The molecule has 7 nitrogen and oxygen atoms in total. The van der Waals surface area contributed by atoms with Gasteiger partial charge in [0.25, 0.3) is 5.91 Å². The van der Waals surface area contributed by atoms with Crippen molar-refractivity contribution in [3.63, 3.8) is 0 Å². The summed E-state index contributed by atoms with van der Waals surface area (Å²) in [6, 6.07) is 8.67. The molecule has 32 heavy (non-hydrogen) atoms. The molecule has 1 atom stereocenters. The molecule has 0 spiro atoms. The summed E-state index contributed by atoms with van der Waals surface area (Å²) in [5, 5.41) is 13.9. The van der Waals surface area contributed by atoms with Crippen molar-refractivity contribution < 1.29 is 32.6 Å². The second-order valence-electron chi connectivity index (χ2n) is 7.11. The molecule has 3 N–H and O–H groups in total. The number of aliphatic hydroxyl groups excluding tert-OH is 1. The Morgan fingerprint density at radius 3 is 2.69 bits per heavy atom. The predicted octanol–water partition coefficient (Wildman–Crippen LogP) is 3.19. The van der Waals surface area contributed by atoms with Gasteiger partial charge in [0.05, 0.1) is 16.3 Å². The average Bonchev–Trinajstić information content (AvgIpc) is 2.75. The van der Waals surface area contributed by atoms with E-state index in [-0.39, 0.29) is 30.6 Å². The maximum Gasteiger partial charge on any atom is 0.417 e. The van der Waals surface area contributed by atoms with Gasteiger partial charge in [0.1, 0.15) is 12.4 Å². The second kappa shape index (κ2) is 9.66. The third-order valence-corrected chi connectivity index (χ3v) is 5.13. The molecular formula is C21H21ClF3N3O4. The number of carbonyl (C=O) groups excluding carboxylic acids is 2. The van der Waals surface area contributed by atoms with Crippen molar-refractivity contribution in [2.75, 3.05) is 29.9 Å². The highest BCUT2D eigenvalue weighted by Gasteiger charge is 2.33. The molecule has 0 saturated carbocycles. The number of halogens is 4. The minimum Gasteiger partial charge on any atom is -0.479 e. The van der Waals surface area contributed by atoms with Crippen LogP contribution >= 0.6 is 11.6 Å². The van der Waals surface area contributed by atoms with Crippen LogP contribution in [0, 0.1) is 0 Å². The number of nitrogens with one attached hydrogen (secondary N) is 2. The van der Waals surface area contributed by atoms with Crippen LogP contribution in [0.1, 0.15) is 18.1 Å². The number of carbonyl (C=O) groups is 2. The number of amides is 2. The third kappa shape index (κ3) is 5.43. The number of benzene rings is 2. The van der Waals surface area contributed by atoms with Gasteiger partial charge in [0, 0.05) is 25.3 Å². The summed E-state index contributed by atoms with van der Waals surface area (Å²) in [4.78, 5) is 25.3. The molecule has 1 heterocycles. The summed E-state index contributed by atoms with van der Waals surface area (Å²) in [6.45, 7) is 1.33. The molecule has 0 aliphatic carbocycles. The van der Waals surface area contributed by atoms with E-state index in [1.165, 1.54) is 17.0 Å². The van der Waals surface area contributed by atoms with Gasteiger partial charge in [-0.2, -0.15) is 13.2 Å². The Balaban J connectivity index is 1.76. The highest BCUT2D eigenvalue weighted by Crippen LogP contribution is 2.37. The topological polar surface area (TPSA) is 90.9 Å². The second-order valence-corrected chi connectivity index (χ2v) is 7.51. The van der Waals surface area contributed by atoms with E-state index in [4.69, 9.17) is 21.4 Å². The van der Waals surface area contributed by atoms with Gasteiger partial charge in [-0.05, 0) is 42.8 Å². The molecule has 1 aliphatic heterocycles. The maximum absolute atomic E-state index is 13.1. The van der Waals surface area contributed by atoms with E-state index < -0.39 is 30.4 Å². The summed E-state index contributed by atoms with van der Waals surface area (Å²) in [6.07, 6.45) is -5.27. The summed E-state index contributed by atoms with van der Waals surface area (Å²) in [7, 11) is 0. The van der Waals surface area contributed by atoms with E-state index in [0.29, 0.717) is 22.7 Å². The summed E-state index contributed by atoms with van der Waals surface area (Å²) in [5.74, 6) is -0.405. The van der Waals surface area contributed by atoms with Crippen LogP contribution in [0.5, 0.6) is 5.75 Å². The Morgan fingerprint density at radius 1 is 1.25 bits per heavy atom. The summed E-state index contributed by atoms with van der Waals surface area (Å²) >= 11 is 5.66. The van der Waals surface area contributed by atoms with Crippen LogP contribution in [0.3, 0.4) is 0 Å². The molecule has 11 heteroatoms. The van der Waals surface area contributed by atoms with Crippen LogP contribution in [0.2, 0.25) is 5.02 Å². The Kier molecular flexibility index (Phi) is 7.15. The molecule has 3 rings (SSSR count). The quantitative estimate of drug-likeness (QED) is 0.577. The van der Waals surface area contributed by atoms with E-state index in [0.717, 1.165) is 6.07 Å². The zero-order chi connectivity index (χ0) is 23.5. The fourth-order valence-electron chi connectivity index (χ4n) is 3.21. The summed E-state index contributed by atoms with van der Waals surface area (Å²) in [5.41, 5.74) is 0.489. The van der Waals surface area contributed by atoms with Crippen LogP contribution in [0.4, 0.5) is 24.5 Å². The number of hydrogen-bond acceptors (Lipinski definition) is 5. The van der Waals surface area contributed by atoms with Crippen LogP contribution in [0.25, 0.3) is 0 Å². The smallest absolute Gasteiger partial charge is 0.417 e. The van der Waals surface area contributed by atoms with Crippen molar-refractivity contribution in [1.29, 1.82) is 0 Å². The standard InChI is InChI=1S/C21H21ClF3N3O4/c1-12-20(31)28(7-6-26-19(30)11-29)17-9-14(3-5-18(17)32-12)27-10-13-2-4-16(22)15(8-13)21(23,24)25/h2-5,8-9,12,27,29H,6-7,10-11H2,1H3,(H,26,30). The number of ether oxygens (including phenoxy) is 1. The first kappa shape index (κ1) is 23.7. The molecule has 0 aromatic heterocycles. The average molecular weight is 472 g/mol. The van der Waals surface area contributed by atoms with Crippen molar-refractivity contribution in [2.24, 2.45) is 0 Å². The largest absolute Gasteiger partial charge is 0.479 e. The monoisotopic (exact) mass is 471 g/mol. The lowest BCUT2D eigenvalue weighted by atomic mass is 10.1. The fraction of sp³-hybridized carbons (Fsp3) is 0.333. The zero-order valence-electron chi connectivity index (χ0n) is 17.0. The Bertz CT molecular complexity index is 1020. The molecule has 0 radical (unpaired) electrons. The van der Waals surface area contributed by atoms with Crippen molar-refractivity contribution in [3.05, 3.63) is 52.5 Å². The van der Waals surface area contributed by atoms with Gasteiger partial charge in [-0.15, -0.1) is 0 Å². The maximum atomic E-state index is 13.1. The number of anilines is 2. The van der Waals surface area contributed by atoms with Crippen LogP contribution in [0.15, 0.2) is 36.4 Å². The van der Waals surface area contributed by atoms with Gasteiger partial charge in [-0.1, -0.05) is 17.7 Å². The minimum absolute atomic E-state index is 0.0940. The van der Waals surface area contributed by atoms with E-state index in [2.05, 4.69) is 10.6 Å². The van der Waals surface area contributed by atoms with E-state index >= 15 is 0 Å². The molecule has 172 valence electrons. The number of aliphatic hydroxyl groups is 1. The number of fused-ring (bicyclic) bond motifs is 1. The first-order chi connectivity index (χ1) is 15.1. The molecular weight excluding hydrogens is 451 g/mol. The highest BCUT2D eigenvalue weighted by atomic mass is 35.5. The number of rotatable bonds is 7. The van der Waals surface area contributed by atoms with Gasteiger partial charge in [-0.3, -0.25) is 9.59 Å². The molecule has 2 aromatic carbocycles. The lowest BCUT2D eigenvalue weighted by molar-refractivity contribution is -0.137. The lowest BCUT2D eigenvalue weighted by Gasteiger charge is -2.33. The molecule has 2 aromatic rings. The van der Waals surface area contributed by atoms with E-state index in [1.807, 2.05) is 0 Å². The van der Waals surface area contributed by atoms with E-state index in [1.54, 1.807) is 25.1 Å². The number of alkyl halides is 3. The van der Waals surface area contributed by atoms with Crippen LogP contribution < -0.4 is 20.3 Å². The summed E-state index contributed by atoms with van der Waals surface area (Å²) < 4.78 is 44.8. The first-order valence-corrected chi connectivity index (χ1v) is 10.1. The third-order valence-electron chi connectivity index (χ3n) is 4.80. The molecule has 2 amide bonds. The molecule has 0 saturated heterocycles. The van der Waals surface area contributed by atoms with Crippen molar-refractivity contribution in [1.82, 2.24) is 5.32 Å². The Labute approximate surface area is 187 Å². The highest BCUT2D eigenvalue weighted by molar-refractivity contribution is 6.31. The molecule has 0 fully saturated rings. The molecule has 1 unspecified atom stereocenters. The van der Waals surface area contributed by atoms with Crippen molar-refractivity contribution >= 4 is 34.8 Å².